The summed E-state index contributed by atoms with van der Waals surface area (Å²) in [7, 11) is 3.90. The van der Waals surface area contributed by atoms with Gasteiger partial charge in [0.2, 0.25) is 0 Å². The van der Waals surface area contributed by atoms with Gasteiger partial charge in [0.05, 0.1) is 12.3 Å². The number of nitrogens with zero attached hydrogens (tertiary/aromatic N) is 2. The fraction of sp³-hybridized carbons (Fsp3) is 0.727. The molecule has 1 unspecified atom stereocenters. The van der Waals surface area contributed by atoms with E-state index in [1.165, 1.54) is 0 Å². The molecule has 0 aliphatic carbocycles. The van der Waals surface area contributed by atoms with Crippen LogP contribution >= 0.6 is 0 Å². The molecule has 15 heavy (non-hydrogen) atoms. The van der Waals surface area contributed by atoms with Gasteiger partial charge in [-0.2, -0.15) is 5.10 Å². The van der Waals surface area contributed by atoms with Gasteiger partial charge in [0.15, 0.2) is 0 Å². The molecule has 4 nitrogen and oxygen atoms in total. The van der Waals surface area contributed by atoms with E-state index in [4.69, 9.17) is 4.74 Å². The number of rotatable bonds is 7. The molecule has 0 aromatic carbocycles. The zero-order valence-corrected chi connectivity index (χ0v) is 9.86. The summed E-state index contributed by atoms with van der Waals surface area (Å²) in [5.41, 5.74) is 1.11. The van der Waals surface area contributed by atoms with Crippen molar-refractivity contribution < 1.29 is 4.74 Å². The van der Waals surface area contributed by atoms with Crippen LogP contribution in [0.4, 0.5) is 0 Å². The van der Waals surface area contributed by atoms with Crippen molar-refractivity contribution in [2.24, 2.45) is 7.05 Å². The molecule has 1 N–H and O–H groups in total. The highest BCUT2D eigenvalue weighted by Gasteiger charge is 2.08. The van der Waals surface area contributed by atoms with E-state index in [0.717, 1.165) is 31.7 Å². The first-order chi connectivity index (χ1) is 7.26. The van der Waals surface area contributed by atoms with Crippen molar-refractivity contribution in [1.29, 1.82) is 0 Å². The normalized spacial score (nSPS) is 13.0. The summed E-state index contributed by atoms with van der Waals surface area (Å²) in [5, 5.41) is 7.59. The van der Waals surface area contributed by atoms with Gasteiger partial charge >= 0.3 is 0 Å². The van der Waals surface area contributed by atoms with Crippen LogP contribution in [0.3, 0.4) is 0 Å². The summed E-state index contributed by atoms with van der Waals surface area (Å²) in [6.45, 7) is 3.70. The fourth-order valence-electron chi connectivity index (χ4n) is 1.44. The molecule has 0 spiro atoms. The Morgan fingerprint density at radius 3 is 2.93 bits per heavy atom. The van der Waals surface area contributed by atoms with E-state index < -0.39 is 0 Å². The number of hydrogen-bond donors (Lipinski definition) is 1. The minimum Gasteiger partial charge on any atom is -0.380 e. The second kappa shape index (κ2) is 6.58. The quantitative estimate of drug-likeness (QED) is 0.683. The minimum absolute atomic E-state index is 0.353. The van der Waals surface area contributed by atoms with Crippen molar-refractivity contribution in [2.45, 2.75) is 25.8 Å². The highest BCUT2D eigenvalue weighted by Crippen LogP contribution is 2.00. The number of aromatic nitrogens is 2. The van der Waals surface area contributed by atoms with Gasteiger partial charge in [-0.15, -0.1) is 0 Å². The number of nitrogens with one attached hydrogen (secondary N) is 1. The SMILES string of the molecule is CCCOCC(Cc1ccn(C)n1)NC. The van der Waals surface area contributed by atoms with Crippen molar-refractivity contribution in [3.8, 4) is 0 Å². The summed E-state index contributed by atoms with van der Waals surface area (Å²) < 4.78 is 7.35. The standard InChI is InChI=1S/C11H21N3O/c1-4-7-15-9-11(12-2)8-10-5-6-14(3)13-10/h5-6,11-12H,4,7-9H2,1-3H3. The zero-order chi connectivity index (χ0) is 11.1. The van der Waals surface area contributed by atoms with Crippen LogP contribution in [0.15, 0.2) is 12.3 Å². The third-order valence-corrected chi connectivity index (χ3v) is 2.30. The lowest BCUT2D eigenvalue weighted by Gasteiger charge is -2.14. The lowest BCUT2D eigenvalue weighted by atomic mass is 10.2. The highest BCUT2D eigenvalue weighted by atomic mass is 16.5. The monoisotopic (exact) mass is 211 g/mol. The first-order valence-corrected chi connectivity index (χ1v) is 5.49. The first kappa shape index (κ1) is 12.2. The topological polar surface area (TPSA) is 39.1 Å². The molecule has 0 saturated carbocycles. The third kappa shape index (κ3) is 4.44. The predicted octanol–water partition coefficient (Wildman–Crippen LogP) is 0.977. The van der Waals surface area contributed by atoms with Gasteiger partial charge in [-0.25, -0.2) is 0 Å². The van der Waals surface area contributed by atoms with Crippen LogP contribution in [0.1, 0.15) is 19.0 Å². The Morgan fingerprint density at radius 1 is 1.60 bits per heavy atom. The molecule has 0 fully saturated rings. The Bertz CT molecular complexity index is 273. The Balaban J connectivity index is 2.33. The molecule has 0 amide bonds. The van der Waals surface area contributed by atoms with E-state index in [0.29, 0.717) is 6.04 Å². The van der Waals surface area contributed by atoms with Gasteiger partial charge < -0.3 is 10.1 Å². The number of aryl methyl sites for hydroxylation is 1. The lowest BCUT2D eigenvalue weighted by molar-refractivity contribution is 0.113. The van der Waals surface area contributed by atoms with E-state index >= 15 is 0 Å². The van der Waals surface area contributed by atoms with E-state index in [-0.39, 0.29) is 0 Å². The third-order valence-electron chi connectivity index (χ3n) is 2.30. The fourth-order valence-corrected chi connectivity index (χ4v) is 1.44. The highest BCUT2D eigenvalue weighted by molar-refractivity contribution is 5.01. The molecule has 1 aromatic heterocycles. The van der Waals surface area contributed by atoms with Crippen LogP contribution in [0.25, 0.3) is 0 Å². The molecule has 4 heteroatoms. The second-order valence-electron chi connectivity index (χ2n) is 3.75. The average Bonchev–Trinajstić information content (AvgIpc) is 2.63. The second-order valence-corrected chi connectivity index (χ2v) is 3.75. The van der Waals surface area contributed by atoms with Crippen molar-refractivity contribution in [3.05, 3.63) is 18.0 Å². The maximum atomic E-state index is 5.52. The molecule has 0 radical (unpaired) electrons. The zero-order valence-electron chi connectivity index (χ0n) is 9.86. The van der Waals surface area contributed by atoms with Crippen molar-refractivity contribution in [1.82, 2.24) is 15.1 Å². The van der Waals surface area contributed by atoms with Crippen LogP contribution in [0, 0.1) is 0 Å². The van der Waals surface area contributed by atoms with Gasteiger partial charge in [-0.05, 0) is 19.5 Å². The van der Waals surface area contributed by atoms with E-state index in [9.17, 15) is 0 Å². The Kier molecular flexibility index (Phi) is 5.36. The first-order valence-electron chi connectivity index (χ1n) is 5.49. The molecular weight excluding hydrogens is 190 g/mol. The summed E-state index contributed by atoms with van der Waals surface area (Å²) in [6.07, 6.45) is 3.95. The maximum Gasteiger partial charge on any atom is 0.0640 e. The Morgan fingerprint density at radius 2 is 2.40 bits per heavy atom. The van der Waals surface area contributed by atoms with Gasteiger partial charge in [0.1, 0.15) is 0 Å². The largest absolute Gasteiger partial charge is 0.380 e. The number of hydrogen-bond acceptors (Lipinski definition) is 3. The number of ether oxygens (including phenoxy) is 1. The van der Waals surface area contributed by atoms with Gasteiger partial charge in [-0.1, -0.05) is 6.92 Å². The minimum atomic E-state index is 0.353. The Labute approximate surface area is 91.6 Å². The molecule has 1 heterocycles. The van der Waals surface area contributed by atoms with Crippen LogP contribution in [-0.2, 0) is 18.2 Å². The molecule has 0 aliphatic heterocycles. The molecule has 1 aromatic rings. The molecule has 0 aliphatic rings. The summed E-state index contributed by atoms with van der Waals surface area (Å²) in [6, 6.07) is 2.40. The van der Waals surface area contributed by atoms with Gasteiger partial charge in [0, 0.05) is 32.3 Å². The van der Waals surface area contributed by atoms with Crippen molar-refractivity contribution in [2.75, 3.05) is 20.3 Å². The van der Waals surface area contributed by atoms with Crippen LogP contribution in [0.5, 0.6) is 0 Å². The number of likely N-dealkylation sites (N-methyl/N-ethyl adjacent to an activating group) is 1. The molecule has 0 bridgehead atoms. The van der Waals surface area contributed by atoms with E-state index in [1.54, 1.807) is 0 Å². The molecule has 1 rings (SSSR count). The van der Waals surface area contributed by atoms with E-state index in [2.05, 4.69) is 17.3 Å². The van der Waals surface area contributed by atoms with Gasteiger partial charge in [-0.3, -0.25) is 4.68 Å². The lowest BCUT2D eigenvalue weighted by Crippen LogP contribution is -2.32. The smallest absolute Gasteiger partial charge is 0.0640 e. The Hall–Kier alpha value is -0.870. The average molecular weight is 211 g/mol. The predicted molar refractivity (Wildman–Crippen MR) is 60.9 cm³/mol. The van der Waals surface area contributed by atoms with Crippen LogP contribution < -0.4 is 5.32 Å². The van der Waals surface area contributed by atoms with Crippen LogP contribution in [0.2, 0.25) is 0 Å². The van der Waals surface area contributed by atoms with Gasteiger partial charge in [0.25, 0.3) is 0 Å². The summed E-state index contributed by atoms with van der Waals surface area (Å²) in [5.74, 6) is 0. The van der Waals surface area contributed by atoms with Crippen LogP contribution in [-0.4, -0.2) is 36.1 Å². The molecule has 0 saturated heterocycles. The molecule has 1 atom stereocenters. The van der Waals surface area contributed by atoms with Crippen molar-refractivity contribution in [3.63, 3.8) is 0 Å². The van der Waals surface area contributed by atoms with Crippen molar-refractivity contribution >= 4 is 0 Å². The molecule has 86 valence electrons. The van der Waals surface area contributed by atoms with E-state index in [1.807, 2.05) is 31.0 Å². The maximum absolute atomic E-state index is 5.52. The summed E-state index contributed by atoms with van der Waals surface area (Å²) in [4.78, 5) is 0. The molecular formula is C11H21N3O. The summed E-state index contributed by atoms with van der Waals surface area (Å²) >= 11 is 0.